The Morgan fingerprint density at radius 2 is 1.30 bits per heavy atom. The van der Waals surface area contributed by atoms with Crippen molar-refractivity contribution in [3.05, 3.63) is 101 Å². The molecule has 0 radical (unpaired) electrons. The third kappa shape index (κ3) is 5.76. The Balaban J connectivity index is 1.50. The standard InChI is InChI=1S/C22H23NO3S/c1-18-7-13-22(14-8-18)27(24,25)23-15-19-9-11-21(12-10-19)17-26-16-20-5-3-2-4-6-20/h2-14,23H,15-17H2,1H3. The third-order valence-corrected chi connectivity index (χ3v) is 5.62. The van der Waals surface area contributed by atoms with E-state index in [1.165, 1.54) is 0 Å². The first-order valence-electron chi connectivity index (χ1n) is 8.79. The van der Waals surface area contributed by atoms with Crippen molar-refractivity contribution < 1.29 is 13.2 Å². The van der Waals surface area contributed by atoms with Crippen LogP contribution >= 0.6 is 0 Å². The molecule has 3 aromatic carbocycles. The number of sulfonamides is 1. The summed E-state index contributed by atoms with van der Waals surface area (Å²) in [6.07, 6.45) is 0. The molecule has 0 saturated carbocycles. The number of ether oxygens (including phenoxy) is 1. The fraction of sp³-hybridized carbons (Fsp3) is 0.182. The van der Waals surface area contributed by atoms with Gasteiger partial charge in [0.2, 0.25) is 10.0 Å². The van der Waals surface area contributed by atoms with Gasteiger partial charge in [0, 0.05) is 6.54 Å². The van der Waals surface area contributed by atoms with Gasteiger partial charge in [0.25, 0.3) is 0 Å². The van der Waals surface area contributed by atoms with Gasteiger partial charge in [-0.2, -0.15) is 0 Å². The molecule has 3 rings (SSSR count). The minimum absolute atomic E-state index is 0.251. The van der Waals surface area contributed by atoms with Crippen molar-refractivity contribution in [2.45, 2.75) is 31.6 Å². The van der Waals surface area contributed by atoms with Gasteiger partial charge >= 0.3 is 0 Å². The molecule has 0 aliphatic rings. The lowest BCUT2D eigenvalue weighted by Crippen LogP contribution is -2.23. The summed E-state index contributed by atoms with van der Waals surface area (Å²) in [5.41, 5.74) is 4.12. The first-order chi connectivity index (χ1) is 13.0. The van der Waals surface area contributed by atoms with Crippen LogP contribution in [0.1, 0.15) is 22.3 Å². The van der Waals surface area contributed by atoms with E-state index in [9.17, 15) is 8.42 Å². The molecule has 0 unspecified atom stereocenters. The van der Waals surface area contributed by atoms with E-state index in [1.54, 1.807) is 24.3 Å². The van der Waals surface area contributed by atoms with E-state index in [4.69, 9.17) is 4.74 Å². The Hall–Kier alpha value is -2.47. The lowest BCUT2D eigenvalue weighted by molar-refractivity contribution is 0.107. The molecule has 0 bridgehead atoms. The molecule has 0 aromatic heterocycles. The normalized spacial score (nSPS) is 11.4. The Kier molecular flexibility index (Phi) is 6.40. The second-order valence-corrected chi connectivity index (χ2v) is 8.20. The predicted octanol–water partition coefficient (Wildman–Crippen LogP) is 4.19. The van der Waals surface area contributed by atoms with E-state index in [0.717, 1.165) is 22.3 Å². The van der Waals surface area contributed by atoms with E-state index in [0.29, 0.717) is 13.2 Å². The second-order valence-electron chi connectivity index (χ2n) is 6.43. The summed E-state index contributed by atoms with van der Waals surface area (Å²) in [4.78, 5) is 0.277. The number of rotatable bonds is 8. The van der Waals surface area contributed by atoms with Crippen molar-refractivity contribution >= 4 is 10.0 Å². The molecule has 0 aliphatic carbocycles. The van der Waals surface area contributed by atoms with E-state index in [-0.39, 0.29) is 11.4 Å². The molecule has 0 spiro atoms. The number of nitrogens with one attached hydrogen (secondary N) is 1. The van der Waals surface area contributed by atoms with Crippen LogP contribution in [0.25, 0.3) is 0 Å². The van der Waals surface area contributed by atoms with Gasteiger partial charge in [-0.25, -0.2) is 13.1 Å². The minimum atomic E-state index is -3.50. The number of hydrogen-bond acceptors (Lipinski definition) is 3. The SMILES string of the molecule is Cc1ccc(S(=O)(=O)NCc2ccc(COCc3ccccc3)cc2)cc1. The van der Waals surface area contributed by atoms with Crippen molar-refractivity contribution in [3.8, 4) is 0 Å². The smallest absolute Gasteiger partial charge is 0.240 e. The maximum atomic E-state index is 12.3. The Labute approximate surface area is 160 Å². The average molecular weight is 381 g/mol. The van der Waals surface area contributed by atoms with Gasteiger partial charge in [0.15, 0.2) is 0 Å². The lowest BCUT2D eigenvalue weighted by Gasteiger charge is -2.09. The van der Waals surface area contributed by atoms with Gasteiger partial charge in [-0.1, -0.05) is 72.3 Å². The van der Waals surface area contributed by atoms with Crippen LogP contribution in [0.5, 0.6) is 0 Å². The fourth-order valence-corrected chi connectivity index (χ4v) is 3.61. The second kappa shape index (κ2) is 8.95. The van der Waals surface area contributed by atoms with Crippen LogP contribution in [-0.2, 0) is 34.5 Å². The van der Waals surface area contributed by atoms with E-state index in [1.807, 2.05) is 61.5 Å². The van der Waals surface area contributed by atoms with Gasteiger partial charge < -0.3 is 4.74 Å². The van der Waals surface area contributed by atoms with Crippen molar-refractivity contribution in [3.63, 3.8) is 0 Å². The molecule has 4 nitrogen and oxygen atoms in total. The van der Waals surface area contributed by atoms with Crippen LogP contribution in [0, 0.1) is 6.92 Å². The summed E-state index contributed by atoms with van der Waals surface area (Å²) in [5, 5.41) is 0. The highest BCUT2D eigenvalue weighted by molar-refractivity contribution is 7.89. The molecule has 140 valence electrons. The van der Waals surface area contributed by atoms with Gasteiger partial charge in [-0.05, 0) is 35.7 Å². The molecule has 0 heterocycles. The summed E-state index contributed by atoms with van der Waals surface area (Å²) in [7, 11) is -3.50. The molecule has 5 heteroatoms. The highest BCUT2D eigenvalue weighted by Gasteiger charge is 2.13. The minimum Gasteiger partial charge on any atom is -0.372 e. The summed E-state index contributed by atoms with van der Waals surface area (Å²) < 4.78 is 33.0. The van der Waals surface area contributed by atoms with Crippen molar-refractivity contribution in [1.29, 1.82) is 0 Å². The fourth-order valence-electron chi connectivity index (χ4n) is 2.59. The lowest BCUT2D eigenvalue weighted by atomic mass is 10.1. The Morgan fingerprint density at radius 3 is 1.93 bits per heavy atom. The first-order valence-corrected chi connectivity index (χ1v) is 10.3. The van der Waals surface area contributed by atoms with Gasteiger partial charge in [-0.15, -0.1) is 0 Å². The highest BCUT2D eigenvalue weighted by Crippen LogP contribution is 2.12. The van der Waals surface area contributed by atoms with Crippen molar-refractivity contribution in [1.82, 2.24) is 4.72 Å². The predicted molar refractivity (Wildman–Crippen MR) is 107 cm³/mol. The molecule has 0 atom stereocenters. The van der Waals surface area contributed by atoms with E-state index >= 15 is 0 Å². The number of hydrogen-bond donors (Lipinski definition) is 1. The van der Waals surface area contributed by atoms with Crippen LogP contribution in [0.2, 0.25) is 0 Å². The molecular weight excluding hydrogens is 358 g/mol. The number of aryl methyl sites for hydroxylation is 1. The summed E-state index contributed by atoms with van der Waals surface area (Å²) >= 11 is 0. The number of benzene rings is 3. The Morgan fingerprint density at radius 1 is 0.741 bits per heavy atom. The average Bonchev–Trinajstić information content (AvgIpc) is 2.69. The van der Waals surface area contributed by atoms with E-state index in [2.05, 4.69) is 4.72 Å². The molecule has 1 N–H and O–H groups in total. The van der Waals surface area contributed by atoms with Crippen molar-refractivity contribution in [2.24, 2.45) is 0 Å². The molecule has 0 aliphatic heterocycles. The van der Waals surface area contributed by atoms with Crippen LogP contribution < -0.4 is 4.72 Å². The molecule has 0 fully saturated rings. The zero-order valence-electron chi connectivity index (χ0n) is 15.3. The molecule has 3 aromatic rings. The van der Waals surface area contributed by atoms with Crippen LogP contribution in [-0.4, -0.2) is 8.42 Å². The summed E-state index contributed by atoms with van der Waals surface area (Å²) in [6, 6.07) is 24.6. The van der Waals surface area contributed by atoms with Crippen LogP contribution in [0.4, 0.5) is 0 Å². The van der Waals surface area contributed by atoms with E-state index < -0.39 is 10.0 Å². The molecule has 0 saturated heterocycles. The highest BCUT2D eigenvalue weighted by atomic mass is 32.2. The summed E-state index contributed by atoms with van der Waals surface area (Å²) in [5.74, 6) is 0. The van der Waals surface area contributed by atoms with Gasteiger partial charge in [-0.3, -0.25) is 0 Å². The third-order valence-electron chi connectivity index (χ3n) is 4.20. The Bertz CT molecular complexity index is 951. The zero-order chi connectivity index (χ0) is 19.1. The zero-order valence-corrected chi connectivity index (χ0v) is 16.1. The maximum absolute atomic E-state index is 12.3. The van der Waals surface area contributed by atoms with Crippen molar-refractivity contribution in [2.75, 3.05) is 0 Å². The summed E-state index contributed by atoms with van der Waals surface area (Å²) in [6.45, 7) is 3.26. The molecule has 27 heavy (non-hydrogen) atoms. The van der Waals surface area contributed by atoms with Crippen LogP contribution in [0.3, 0.4) is 0 Å². The topological polar surface area (TPSA) is 55.4 Å². The molecular formula is C22H23NO3S. The van der Waals surface area contributed by atoms with Gasteiger partial charge in [0.1, 0.15) is 0 Å². The molecule has 0 amide bonds. The van der Waals surface area contributed by atoms with Crippen LogP contribution in [0.15, 0.2) is 83.8 Å². The van der Waals surface area contributed by atoms with Gasteiger partial charge in [0.05, 0.1) is 18.1 Å². The first kappa shape index (κ1) is 19.3. The maximum Gasteiger partial charge on any atom is 0.240 e. The largest absolute Gasteiger partial charge is 0.372 e. The monoisotopic (exact) mass is 381 g/mol. The quantitative estimate of drug-likeness (QED) is 0.636.